The highest BCUT2D eigenvalue weighted by Gasteiger charge is 2.59. The molecule has 5 heteroatoms. The molecule has 2 unspecified atom stereocenters. The largest absolute Gasteiger partial charge is 0.378 e. The van der Waals surface area contributed by atoms with Crippen LogP contribution in [0.4, 0.5) is 5.13 Å². The molecular weight excluding hydrogens is 258 g/mol. The Morgan fingerprint density at radius 2 is 2.00 bits per heavy atom. The first-order valence-corrected chi connectivity index (χ1v) is 7.62. The highest BCUT2D eigenvalue weighted by atomic mass is 32.1. The van der Waals surface area contributed by atoms with Crippen molar-refractivity contribution in [2.45, 2.75) is 58.6 Å². The van der Waals surface area contributed by atoms with Gasteiger partial charge in [0.2, 0.25) is 5.13 Å². The van der Waals surface area contributed by atoms with Gasteiger partial charge in [-0.05, 0) is 13.3 Å². The van der Waals surface area contributed by atoms with Gasteiger partial charge in [-0.25, -0.2) is 4.98 Å². The molecule has 1 aliphatic rings. The number of rotatable bonds is 4. The minimum Gasteiger partial charge on any atom is -0.378 e. The molecule has 0 aromatic carbocycles. The summed E-state index contributed by atoms with van der Waals surface area (Å²) in [6.07, 6.45) is 1.03. The molecular formula is C14H25N3OS. The Morgan fingerprint density at radius 3 is 2.42 bits per heavy atom. The Hall–Kier alpha value is -0.680. The third-order valence-electron chi connectivity index (χ3n) is 4.95. The topological polar surface area (TPSA) is 38.2 Å². The molecule has 0 N–H and O–H groups in total. The van der Waals surface area contributed by atoms with Crippen molar-refractivity contribution >= 4 is 16.7 Å². The van der Waals surface area contributed by atoms with Crippen LogP contribution in [0.1, 0.15) is 52.8 Å². The van der Waals surface area contributed by atoms with E-state index in [0.717, 1.165) is 17.4 Å². The van der Waals surface area contributed by atoms with Gasteiger partial charge in [0.15, 0.2) is 0 Å². The standard InChI is InChI=1S/C14H25N3OS/c1-9(2)11-15-12(19-16-11)17(6)10-8-14(5,18-7)13(10,3)4/h9-10H,8H2,1-7H3. The fourth-order valence-electron chi connectivity index (χ4n) is 2.81. The third-order valence-corrected chi connectivity index (χ3v) is 5.77. The Bertz CT molecular complexity index is 457. The fraction of sp³-hybridized carbons (Fsp3) is 0.857. The highest BCUT2D eigenvalue weighted by molar-refractivity contribution is 7.09. The number of hydrogen-bond donors (Lipinski definition) is 0. The molecule has 0 saturated heterocycles. The Morgan fingerprint density at radius 1 is 1.37 bits per heavy atom. The van der Waals surface area contributed by atoms with E-state index in [1.165, 1.54) is 11.5 Å². The minimum atomic E-state index is -0.0442. The van der Waals surface area contributed by atoms with Crippen molar-refractivity contribution in [3.63, 3.8) is 0 Å². The molecule has 1 saturated carbocycles. The molecule has 2 rings (SSSR count). The summed E-state index contributed by atoms with van der Waals surface area (Å²) < 4.78 is 10.1. The van der Waals surface area contributed by atoms with Gasteiger partial charge in [-0.3, -0.25) is 0 Å². The molecule has 108 valence electrons. The van der Waals surface area contributed by atoms with E-state index >= 15 is 0 Å². The maximum absolute atomic E-state index is 5.69. The number of nitrogens with zero attached hydrogens (tertiary/aromatic N) is 3. The van der Waals surface area contributed by atoms with Crippen molar-refractivity contribution in [2.75, 3.05) is 19.1 Å². The highest BCUT2D eigenvalue weighted by Crippen LogP contribution is 2.54. The van der Waals surface area contributed by atoms with Gasteiger partial charge >= 0.3 is 0 Å². The minimum absolute atomic E-state index is 0.0442. The lowest BCUT2D eigenvalue weighted by molar-refractivity contribution is -0.172. The van der Waals surface area contributed by atoms with Gasteiger partial charge in [-0.2, -0.15) is 4.37 Å². The van der Waals surface area contributed by atoms with Gasteiger partial charge in [0.05, 0.1) is 5.60 Å². The number of hydrogen-bond acceptors (Lipinski definition) is 5. The molecule has 0 bridgehead atoms. The van der Waals surface area contributed by atoms with E-state index in [4.69, 9.17) is 4.74 Å². The first-order valence-electron chi connectivity index (χ1n) is 6.84. The second-order valence-electron chi connectivity index (χ2n) is 6.58. The molecule has 0 radical (unpaired) electrons. The predicted molar refractivity (Wildman–Crippen MR) is 80.0 cm³/mol. The zero-order valence-electron chi connectivity index (χ0n) is 13.0. The zero-order valence-corrected chi connectivity index (χ0v) is 13.8. The second-order valence-corrected chi connectivity index (χ2v) is 7.31. The third kappa shape index (κ3) is 2.17. The molecule has 1 heterocycles. The van der Waals surface area contributed by atoms with Gasteiger partial charge in [0, 0.05) is 43.1 Å². The summed E-state index contributed by atoms with van der Waals surface area (Å²) in [6.45, 7) is 11.0. The summed E-state index contributed by atoms with van der Waals surface area (Å²) in [4.78, 5) is 6.91. The van der Waals surface area contributed by atoms with E-state index < -0.39 is 0 Å². The smallest absolute Gasteiger partial charge is 0.205 e. The van der Waals surface area contributed by atoms with E-state index in [-0.39, 0.29) is 11.0 Å². The quantitative estimate of drug-likeness (QED) is 0.850. The maximum atomic E-state index is 5.69. The van der Waals surface area contributed by atoms with E-state index in [1.807, 2.05) is 0 Å². The summed E-state index contributed by atoms with van der Waals surface area (Å²) in [7, 11) is 3.92. The first kappa shape index (κ1) is 14.7. The predicted octanol–water partition coefficient (Wildman–Crippen LogP) is 3.30. The zero-order chi connectivity index (χ0) is 14.4. The lowest BCUT2D eigenvalue weighted by Gasteiger charge is -2.61. The van der Waals surface area contributed by atoms with Crippen LogP contribution in [0, 0.1) is 5.41 Å². The lowest BCUT2D eigenvalue weighted by Crippen LogP contribution is -2.68. The molecule has 1 aromatic rings. The van der Waals surface area contributed by atoms with Crippen molar-refractivity contribution < 1.29 is 4.74 Å². The van der Waals surface area contributed by atoms with Gasteiger partial charge in [-0.1, -0.05) is 27.7 Å². The average Bonchev–Trinajstić information content (AvgIpc) is 2.84. The van der Waals surface area contributed by atoms with E-state index in [0.29, 0.717) is 12.0 Å². The molecule has 1 aromatic heterocycles. The average molecular weight is 283 g/mol. The van der Waals surface area contributed by atoms with Crippen LogP contribution >= 0.6 is 11.5 Å². The van der Waals surface area contributed by atoms with Crippen LogP contribution in [0.3, 0.4) is 0 Å². The molecule has 0 amide bonds. The van der Waals surface area contributed by atoms with E-state index in [1.54, 1.807) is 7.11 Å². The van der Waals surface area contributed by atoms with Crippen molar-refractivity contribution in [2.24, 2.45) is 5.41 Å². The van der Waals surface area contributed by atoms with Gasteiger partial charge in [0.25, 0.3) is 0 Å². The van der Waals surface area contributed by atoms with Gasteiger partial charge < -0.3 is 9.64 Å². The van der Waals surface area contributed by atoms with Crippen LogP contribution in [0.5, 0.6) is 0 Å². The molecule has 4 nitrogen and oxygen atoms in total. The Labute approximate surface area is 120 Å². The number of aromatic nitrogens is 2. The van der Waals surface area contributed by atoms with Crippen LogP contribution in [-0.4, -0.2) is 35.2 Å². The summed E-state index contributed by atoms with van der Waals surface area (Å²) in [5.41, 5.74) is 0.0671. The normalized spacial score (nSPS) is 29.4. The van der Waals surface area contributed by atoms with Crippen LogP contribution in [0.15, 0.2) is 0 Å². The van der Waals surface area contributed by atoms with Crippen LogP contribution in [-0.2, 0) is 4.74 Å². The summed E-state index contributed by atoms with van der Waals surface area (Å²) in [5.74, 6) is 1.33. The van der Waals surface area contributed by atoms with Crippen molar-refractivity contribution in [3.05, 3.63) is 5.82 Å². The monoisotopic (exact) mass is 283 g/mol. The summed E-state index contributed by atoms with van der Waals surface area (Å²) in [6, 6.07) is 0.449. The first-order chi connectivity index (χ1) is 8.73. The fourth-order valence-corrected chi connectivity index (χ4v) is 3.63. The Balaban J connectivity index is 2.15. The Kier molecular flexibility index (Phi) is 3.64. The number of methoxy groups -OCH3 is 1. The van der Waals surface area contributed by atoms with Crippen LogP contribution in [0.2, 0.25) is 0 Å². The molecule has 1 aliphatic carbocycles. The SMILES string of the molecule is COC1(C)CC(N(C)c2nc(C(C)C)ns2)C1(C)C. The second kappa shape index (κ2) is 4.70. The summed E-state index contributed by atoms with van der Waals surface area (Å²) in [5, 5.41) is 1.01. The van der Waals surface area contributed by atoms with Crippen LogP contribution in [0.25, 0.3) is 0 Å². The molecule has 2 atom stereocenters. The molecule has 0 spiro atoms. The van der Waals surface area contributed by atoms with Gasteiger partial charge in [0.1, 0.15) is 5.82 Å². The molecule has 19 heavy (non-hydrogen) atoms. The van der Waals surface area contributed by atoms with Crippen molar-refractivity contribution in [1.82, 2.24) is 9.36 Å². The lowest BCUT2D eigenvalue weighted by atomic mass is 9.55. The van der Waals surface area contributed by atoms with E-state index in [9.17, 15) is 0 Å². The molecule has 1 fully saturated rings. The van der Waals surface area contributed by atoms with E-state index in [2.05, 4.69) is 55.9 Å². The van der Waals surface area contributed by atoms with Crippen molar-refractivity contribution in [1.29, 1.82) is 0 Å². The molecule has 0 aliphatic heterocycles. The number of anilines is 1. The number of ether oxygens (including phenoxy) is 1. The van der Waals surface area contributed by atoms with Crippen molar-refractivity contribution in [3.8, 4) is 0 Å². The van der Waals surface area contributed by atoms with Crippen LogP contribution < -0.4 is 4.90 Å². The maximum Gasteiger partial charge on any atom is 0.205 e. The van der Waals surface area contributed by atoms with Gasteiger partial charge in [-0.15, -0.1) is 0 Å². The summed E-state index contributed by atoms with van der Waals surface area (Å²) >= 11 is 1.50.